The molecule has 0 fully saturated rings. The van der Waals surface area contributed by atoms with Gasteiger partial charge in [0.25, 0.3) is 5.91 Å². The maximum absolute atomic E-state index is 13.8. The van der Waals surface area contributed by atoms with E-state index in [1.54, 1.807) is 58.9 Å². The fourth-order valence-electron chi connectivity index (χ4n) is 4.05. The number of nitrogens with zero attached hydrogens (tertiary/aromatic N) is 1. The van der Waals surface area contributed by atoms with E-state index in [4.69, 9.17) is 11.2 Å². The van der Waals surface area contributed by atoms with Gasteiger partial charge in [-0.2, -0.15) is 0 Å². The minimum absolute atomic E-state index is 0.342. The van der Waals surface area contributed by atoms with Crippen LogP contribution < -0.4 is 10.6 Å². The molecule has 3 amide bonds. The highest BCUT2D eigenvalue weighted by Gasteiger charge is 2.35. The predicted molar refractivity (Wildman–Crippen MR) is 146 cm³/mol. The molecule has 1 unspecified atom stereocenters. The van der Waals surface area contributed by atoms with Gasteiger partial charge in [0, 0.05) is 17.3 Å². The molecule has 0 radical (unpaired) electrons. The largest absolute Gasteiger partial charge is 0.444 e. The lowest BCUT2D eigenvalue weighted by Gasteiger charge is -2.35. The van der Waals surface area contributed by atoms with Crippen molar-refractivity contribution in [2.24, 2.45) is 0 Å². The average Bonchev–Trinajstić information content (AvgIpc) is 2.84. The molecule has 0 aliphatic heterocycles. The smallest absolute Gasteiger partial charge is 0.408 e. The van der Waals surface area contributed by atoms with Crippen LogP contribution in [0.25, 0.3) is 10.8 Å². The average molecular weight is 500 g/mol. The summed E-state index contributed by atoms with van der Waals surface area (Å²) in [5.41, 5.74) is 0.899. The van der Waals surface area contributed by atoms with Crippen LogP contribution in [0.2, 0.25) is 0 Å². The Bertz CT molecular complexity index is 1330. The number of rotatable bonds is 7. The molecule has 3 aromatic rings. The summed E-state index contributed by atoms with van der Waals surface area (Å²) in [5.74, 6) is 1.75. The van der Waals surface area contributed by atoms with Crippen LogP contribution in [0.15, 0.2) is 66.7 Å². The fraction of sp³-hybridized carbons (Fsp3) is 0.300. The Hall–Kier alpha value is -4.31. The number of carbonyl (C=O) groups is 3. The number of terminal acetylenes is 1. The summed E-state index contributed by atoms with van der Waals surface area (Å²) >= 11 is 0. The third-order valence-corrected chi connectivity index (χ3v) is 5.58. The second kappa shape index (κ2) is 11.6. The molecule has 0 saturated heterocycles. The maximum Gasteiger partial charge on any atom is 0.408 e. The van der Waals surface area contributed by atoms with Gasteiger partial charge in [-0.15, -0.1) is 6.42 Å². The van der Waals surface area contributed by atoms with Crippen LogP contribution in [0.1, 0.15) is 51.8 Å². The zero-order valence-corrected chi connectivity index (χ0v) is 21.9. The molecule has 0 aliphatic carbocycles. The lowest BCUT2D eigenvalue weighted by Crippen LogP contribution is -2.49. The topological polar surface area (TPSA) is 87.7 Å². The van der Waals surface area contributed by atoms with E-state index < -0.39 is 29.6 Å². The Morgan fingerprint density at radius 1 is 0.973 bits per heavy atom. The number of benzene rings is 3. The zero-order valence-electron chi connectivity index (χ0n) is 21.9. The van der Waals surface area contributed by atoms with Gasteiger partial charge in [-0.1, -0.05) is 54.5 Å². The highest BCUT2D eigenvalue weighted by molar-refractivity contribution is 6.00. The van der Waals surface area contributed by atoms with Crippen LogP contribution in [0.4, 0.5) is 10.5 Å². The predicted octanol–water partition coefficient (Wildman–Crippen LogP) is 5.26. The molecule has 1 atom stereocenters. The zero-order chi connectivity index (χ0) is 27.2. The van der Waals surface area contributed by atoms with Crippen molar-refractivity contribution in [3.8, 4) is 12.3 Å². The van der Waals surface area contributed by atoms with Crippen LogP contribution in [0.5, 0.6) is 0 Å². The van der Waals surface area contributed by atoms with E-state index in [0.29, 0.717) is 16.8 Å². The Kier molecular flexibility index (Phi) is 8.56. The molecular weight excluding hydrogens is 466 g/mol. The maximum atomic E-state index is 13.8. The quantitative estimate of drug-likeness (QED) is 0.434. The summed E-state index contributed by atoms with van der Waals surface area (Å²) < 4.78 is 5.24. The van der Waals surface area contributed by atoms with Gasteiger partial charge in [-0.3, -0.25) is 9.59 Å². The van der Waals surface area contributed by atoms with Crippen molar-refractivity contribution < 1.29 is 19.1 Å². The van der Waals surface area contributed by atoms with Crippen molar-refractivity contribution in [2.45, 2.75) is 52.3 Å². The van der Waals surface area contributed by atoms with Crippen molar-refractivity contribution in [1.29, 1.82) is 0 Å². The third-order valence-electron chi connectivity index (χ3n) is 5.58. The van der Waals surface area contributed by atoms with Crippen LogP contribution >= 0.6 is 0 Å². The Labute approximate surface area is 218 Å². The van der Waals surface area contributed by atoms with Gasteiger partial charge in [0.15, 0.2) is 0 Å². The van der Waals surface area contributed by atoms with Crippen molar-refractivity contribution in [3.63, 3.8) is 0 Å². The number of fused-ring (bicyclic) bond motifs is 1. The van der Waals surface area contributed by atoms with E-state index in [2.05, 4.69) is 16.6 Å². The first-order chi connectivity index (χ1) is 17.5. The minimum atomic E-state index is -1.04. The number of hydrogen-bond acceptors (Lipinski definition) is 4. The summed E-state index contributed by atoms with van der Waals surface area (Å²) in [4.78, 5) is 40.8. The lowest BCUT2D eigenvalue weighted by molar-refractivity contribution is -0.140. The van der Waals surface area contributed by atoms with E-state index in [-0.39, 0.29) is 12.6 Å². The Balaban J connectivity index is 1.95. The summed E-state index contributed by atoms with van der Waals surface area (Å²) in [5, 5.41) is 7.47. The Morgan fingerprint density at radius 2 is 1.62 bits per heavy atom. The highest BCUT2D eigenvalue weighted by atomic mass is 16.6. The van der Waals surface area contributed by atoms with Crippen molar-refractivity contribution >= 4 is 34.4 Å². The highest BCUT2D eigenvalue weighted by Crippen LogP contribution is 2.29. The molecule has 192 valence electrons. The summed E-state index contributed by atoms with van der Waals surface area (Å²) in [6.45, 7) is 8.47. The second-order valence-corrected chi connectivity index (χ2v) is 9.94. The van der Waals surface area contributed by atoms with Crippen LogP contribution in [0.3, 0.4) is 0 Å². The van der Waals surface area contributed by atoms with Crippen molar-refractivity contribution in [1.82, 2.24) is 10.2 Å². The molecule has 7 heteroatoms. The van der Waals surface area contributed by atoms with Crippen LogP contribution in [0, 0.1) is 12.3 Å². The van der Waals surface area contributed by atoms with Gasteiger partial charge in [0.05, 0.1) is 0 Å². The van der Waals surface area contributed by atoms with Crippen LogP contribution in [-0.2, 0) is 14.3 Å². The van der Waals surface area contributed by atoms with E-state index in [0.717, 1.165) is 10.8 Å². The number of alkyl carbamates (subject to hydrolysis) is 1. The lowest BCUT2D eigenvalue weighted by atomic mass is 9.97. The van der Waals surface area contributed by atoms with Gasteiger partial charge in [0.1, 0.15) is 18.2 Å². The van der Waals surface area contributed by atoms with Gasteiger partial charge in [-0.05, 0) is 69.2 Å². The van der Waals surface area contributed by atoms with Crippen molar-refractivity contribution in [2.75, 3.05) is 11.9 Å². The molecule has 3 rings (SSSR count). The first-order valence-electron chi connectivity index (χ1n) is 12.1. The van der Waals surface area contributed by atoms with E-state index in [1.165, 1.54) is 4.90 Å². The summed E-state index contributed by atoms with van der Waals surface area (Å²) in [6, 6.07) is 19.0. The van der Waals surface area contributed by atoms with E-state index in [9.17, 15) is 14.4 Å². The molecule has 0 spiro atoms. The molecule has 0 aliphatic rings. The number of carbonyl (C=O) groups excluding carboxylic acids is 3. The van der Waals surface area contributed by atoms with E-state index >= 15 is 0 Å². The van der Waals surface area contributed by atoms with Gasteiger partial charge in [-0.25, -0.2) is 4.79 Å². The third kappa shape index (κ3) is 7.11. The molecule has 0 saturated carbocycles. The number of hydrogen-bond donors (Lipinski definition) is 2. The van der Waals surface area contributed by atoms with Crippen molar-refractivity contribution in [3.05, 3.63) is 77.9 Å². The summed E-state index contributed by atoms with van der Waals surface area (Å²) in [7, 11) is 0. The molecule has 0 heterocycles. The number of amides is 3. The molecule has 0 bridgehead atoms. The SMILES string of the molecule is C#Cc1ccccc1C(C(=O)Nc1ccc2ccccc2c1)N(C(=O)CNC(=O)OC(C)(C)C)C(C)C. The van der Waals surface area contributed by atoms with Gasteiger partial charge in [0.2, 0.25) is 5.91 Å². The first kappa shape index (κ1) is 27.3. The minimum Gasteiger partial charge on any atom is -0.444 e. The molecule has 37 heavy (non-hydrogen) atoms. The fourth-order valence-corrected chi connectivity index (χ4v) is 4.05. The first-order valence-corrected chi connectivity index (χ1v) is 12.1. The standard InChI is InChI=1S/C30H33N3O4/c1-7-21-12-10-11-15-25(21)27(28(35)32-24-17-16-22-13-8-9-14-23(22)18-24)33(20(2)3)26(34)19-31-29(36)37-30(4,5)6/h1,8-18,20,27H,19H2,2-6H3,(H,31,36)(H,32,35). The monoisotopic (exact) mass is 499 g/mol. The summed E-state index contributed by atoms with van der Waals surface area (Å²) in [6.07, 6.45) is 5.04. The number of nitrogens with one attached hydrogen (secondary N) is 2. The molecular formula is C30H33N3O4. The van der Waals surface area contributed by atoms with Gasteiger partial charge >= 0.3 is 6.09 Å². The van der Waals surface area contributed by atoms with Gasteiger partial charge < -0.3 is 20.3 Å². The number of anilines is 1. The molecule has 0 aromatic heterocycles. The Morgan fingerprint density at radius 3 is 2.27 bits per heavy atom. The molecule has 2 N–H and O–H groups in total. The van der Waals surface area contributed by atoms with Crippen LogP contribution in [-0.4, -0.2) is 41.0 Å². The molecule has 7 nitrogen and oxygen atoms in total. The van der Waals surface area contributed by atoms with E-state index in [1.807, 2.05) is 42.5 Å². The molecule has 3 aromatic carbocycles. The second-order valence-electron chi connectivity index (χ2n) is 9.94. The number of ether oxygens (including phenoxy) is 1. The normalized spacial score (nSPS) is 11.9.